The molecule has 0 radical (unpaired) electrons. The third-order valence-electron chi connectivity index (χ3n) is 2.37. The van der Waals surface area contributed by atoms with Crippen LogP contribution in [0.5, 0.6) is 0 Å². The standard InChI is InChI=1S/C11H16N4/c1-3-4-9(2)13-10-6-8-15-11(14-10)5-7-12-15/h5-9H,3-4H2,1-2H3,(H,13,14). The van der Waals surface area contributed by atoms with Gasteiger partial charge >= 0.3 is 0 Å². The quantitative estimate of drug-likeness (QED) is 0.831. The van der Waals surface area contributed by atoms with Crippen molar-refractivity contribution in [3.63, 3.8) is 0 Å². The van der Waals surface area contributed by atoms with E-state index in [1.165, 1.54) is 6.42 Å². The lowest BCUT2D eigenvalue weighted by atomic mass is 10.2. The predicted molar refractivity (Wildman–Crippen MR) is 61.0 cm³/mol. The summed E-state index contributed by atoms with van der Waals surface area (Å²) in [5.41, 5.74) is 0.878. The van der Waals surface area contributed by atoms with Crippen LogP contribution in [0.15, 0.2) is 24.5 Å². The van der Waals surface area contributed by atoms with Gasteiger partial charge in [0.1, 0.15) is 5.82 Å². The van der Waals surface area contributed by atoms with Crippen molar-refractivity contribution >= 4 is 11.5 Å². The van der Waals surface area contributed by atoms with E-state index >= 15 is 0 Å². The topological polar surface area (TPSA) is 42.2 Å². The lowest BCUT2D eigenvalue weighted by Crippen LogP contribution is -2.15. The summed E-state index contributed by atoms with van der Waals surface area (Å²) in [6.45, 7) is 4.36. The summed E-state index contributed by atoms with van der Waals surface area (Å²) >= 11 is 0. The maximum absolute atomic E-state index is 4.45. The van der Waals surface area contributed by atoms with Crippen LogP contribution in [0.25, 0.3) is 5.65 Å². The lowest BCUT2D eigenvalue weighted by Gasteiger charge is -2.13. The molecule has 2 heterocycles. The molecule has 0 aromatic carbocycles. The van der Waals surface area contributed by atoms with Gasteiger partial charge in [0.25, 0.3) is 0 Å². The zero-order valence-corrected chi connectivity index (χ0v) is 9.14. The Morgan fingerprint density at radius 2 is 2.33 bits per heavy atom. The van der Waals surface area contributed by atoms with Crippen LogP contribution in [0, 0.1) is 0 Å². The van der Waals surface area contributed by atoms with Crippen molar-refractivity contribution in [2.75, 3.05) is 5.32 Å². The van der Waals surface area contributed by atoms with E-state index in [4.69, 9.17) is 0 Å². The maximum Gasteiger partial charge on any atom is 0.157 e. The number of anilines is 1. The Kier molecular flexibility index (Phi) is 2.85. The zero-order chi connectivity index (χ0) is 10.7. The molecule has 0 amide bonds. The highest BCUT2D eigenvalue weighted by atomic mass is 15.2. The first-order chi connectivity index (χ1) is 7.29. The van der Waals surface area contributed by atoms with Crippen LogP contribution in [0.4, 0.5) is 5.82 Å². The highest BCUT2D eigenvalue weighted by Gasteiger charge is 2.02. The van der Waals surface area contributed by atoms with Crippen LogP contribution in [0.1, 0.15) is 26.7 Å². The van der Waals surface area contributed by atoms with Crippen molar-refractivity contribution < 1.29 is 0 Å². The molecule has 1 N–H and O–H groups in total. The van der Waals surface area contributed by atoms with E-state index in [-0.39, 0.29) is 0 Å². The highest BCUT2D eigenvalue weighted by molar-refractivity contribution is 5.45. The fourth-order valence-electron chi connectivity index (χ4n) is 1.65. The molecule has 1 unspecified atom stereocenters. The molecule has 0 aliphatic rings. The first-order valence-electron chi connectivity index (χ1n) is 5.36. The van der Waals surface area contributed by atoms with Crippen LogP contribution in [0.3, 0.4) is 0 Å². The Hall–Kier alpha value is -1.58. The number of rotatable bonds is 4. The van der Waals surface area contributed by atoms with E-state index in [9.17, 15) is 0 Å². The fraction of sp³-hybridized carbons (Fsp3) is 0.455. The molecule has 0 spiro atoms. The van der Waals surface area contributed by atoms with Crippen molar-refractivity contribution in [1.82, 2.24) is 14.6 Å². The monoisotopic (exact) mass is 204 g/mol. The van der Waals surface area contributed by atoms with E-state index in [2.05, 4.69) is 29.2 Å². The summed E-state index contributed by atoms with van der Waals surface area (Å²) in [6, 6.07) is 4.31. The Balaban J connectivity index is 2.14. The lowest BCUT2D eigenvalue weighted by molar-refractivity contribution is 0.687. The van der Waals surface area contributed by atoms with E-state index in [1.807, 2.05) is 18.3 Å². The van der Waals surface area contributed by atoms with E-state index in [0.29, 0.717) is 6.04 Å². The molecular formula is C11H16N4. The number of hydrogen-bond donors (Lipinski definition) is 1. The molecule has 0 aliphatic heterocycles. The Bertz CT molecular complexity index is 435. The second-order valence-corrected chi connectivity index (χ2v) is 3.78. The molecule has 0 bridgehead atoms. The third kappa shape index (κ3) is 2.26. The molecule has 0 fully saturated rings. The summed E-state index contributed by atoms with van der Waals surface area (Å²) in [4.78, 5) is 4.45. The number of nitrogens with one attached hydrogen (secondary N) is 1. The van der Waals surface area contributed by atoms with Crippen LogP contribution in [0.2, 0.25) is 0 Å². The number of fused-ring (bicyclic) bond motifs is 1. The van der Waals surface area contributed by atoms with Crippen LogP contribution in [-0.2, 0) is 0 Å². The van der Waals surface area contributed by atoms with Gasteiger partial charge in [-0.25, -0.2) is 9.50 Å². The molecule has 1 atom stereocenters. The highest BCUT2D eigenvalue weighted by Crippen LogP contribution is 2.09. The van der Waals surface area contributed by atoms with Gasteiger partial charge < -0.3 is 5.32 Å². The summed E-state index contributed by atoms with van der Waals surface area (Å²) in [5.74, 6) is 0.920. The normalized spacial score (nSPS) is 12.9. The number of nitrogens with zero attached hydrogens (tertiary/aromatic N) is 3. The summed E-state index contributed by atoms with van der Waals surface area (Å²) < 4.78 is 1.76. The van der Waals surface area contributed by atoms with Gasteiger partial charge in [-0.1, -0.05) is 13.3 Å². The zero-order valence-electron chi connectivity index (χ0n) is 9.14. The van der Waals surface area contributed by atoms with E-state index in [0.717, 1.165) is 17.9 Å². The third-order valence-corrected chi connectivity index (χ3v) is 2.37. The number of aromatic nitrogens is 3. The van der Waals surface area contributed by atoms with Crippen molar-refractivity contribution in [2.45, 2.75) is 32.7 Å². The van der Waals surface area contributed by atoms with Crippen molar-refractivity contribution in [3.8, 4) is 0 Å². The molecule has 2 aromatic heterocycles. The molecule has 4 nitrogen and oxygen atoms in total. The Morgan fingerprint density at radius 1 is 1.47 bits per heavy atom. The van der Waals surface area contributed by atoms with Gasteiger partial charge in [0.05, 0.1) is 6.20 Å². The molecule has 4 heteroatoms. The van der Waals surface area contributed by atoms with Gasteiger partial charge in [0.15, 0.2) is 5.65 Å². The average Bonchev–Trinajstić information content (AvgIpc) is 2.65. The minimum absolute atomic E-state index is 0.466. The first-order valence-corrected chi connectivity index (χ1v) is 5.36. The van der Waals surface area contributed by atoms with Crippen LogP contribution >= 0.6 is 0 Å². The molecule has 2 rings (SSSR count). The minimum Gasteiger partial charge on any atom is -0.368 e. The second kappa shape index (κ2) is 4.29. The molecule has 0 aliphatic carbocycles. The smallest absolute Gasteiger partial charge is 0.157 e. The molecule has 15 heavy (non-hydrogen) atoms. The van der Waals surface area contributed by atoms with Crippen molar-refractivity contribution in [2.24, 2.45) is 0 Å². The van der Waals surface area contributed by atoms with Gasteiger partial charge in [-0.05, 0) is 19.4 Å². The second-order valence-electron chi connectivity index (χ2n) is 3.78. The van der Waals surface area contributed by atoms with E-state index in [1.54, 1.807) is 10.7 Å². The summed E-state index contributed by atoms with van der Waals surface area (Å²) in [5, 5.41) is 7.47. The minimum atomic E-state index is 0.466. The largest absolute Gasteiger partial charge is 0.368 e. The van der Waals surface area contributed by atoms with Crippen LogP contribution < -0.4 is 5.32 Å². The molecule has 0 saturated heterocycles. The summed E-state index contributed by atoms with van der Waals surface area (Å²) in [6.07, 6.45) is 6.01. The first kappa shape index (κ1) is 9.96. The average molecular weight is 204 g/mol. The van der Waals surface area contributed by atoms with Gasteiger partial charge in [-0.2, -0.15) is 5.10 Å². The van der Waals surface area contributed by atoms with Gasteiger partial charge in [-0.15, -0.1) is 0 Å². The Morgan fingerprint density at radius 3 is 3.13 bits per heavy atom. The van der Waals surface area contributed by atoms with Gasteiger partial charge in [-0.3, -0.25) is 0 Å². The van der Waals surface area contributed by atoms with E-state index < -0.39 is 0 Å². The Labute approximate surface area is 89.3 Å². The van der Waals surface area contributed by atoms with Gasteiger partial charge in [0.2, 0.25) is 0 Å². The summed E-state index contributed by atoms with van der Waals surface area (Å²) in [7, 11) is 0. The molecular weight excluding hydrogens is 188 g/mol. The predicted octanol–water partition coefficient (Wildman–Crippen LogP) is 2.33. The maximum atomic E-state index is 4.45. The van der Waals surface area contributed by atoms with Crippen LogP contribution in [-0.4, -0.2) is 20.6 Å². The van der Waals surface area contributed by atoms with Crippen molar-refractivity contribution in [3.05, 3.63) is 24.5 Å². The molecule has 80 valence electrons. The molecule has 2 aromatic rings. The van der Waals surface area contributed by atoms with Crippen molar-refractivity contribution in [1.29, 1.82) is 0 Å². The number of hydrogen-bond acceptors (Lipinski definition) is 3. The van der Waals surface area contributed by atoms with Gasteiger partial charge in [0, 0.05) is 18.3 Å². The SMILES string of the molecule is CCCC(C)Nc1ccn2nccc2n1. The fourth-order valence-corrected chi connectivity index (χ4v) is 1.65. The molecule has 0 saturated carbocycles.